The number of carbonyl (C=O) groups excluding carboxylic acids is 1. The van der Waals surface area contributed by atoms with E-state index >= 15 is 0 Å². The smallest absolute Gasteiger partial charge is 0.308 e. The first-order valence-corrected chi connectivity index (χ1v) is 16.7. The van der Waals surface area contributed by atoms with E-state index in [9.17, 15) is 13.2 Å². The van der Waals surface area contributed by atoms with Crippen molar-refractivity contribution in [2.24, 2.45) is 5.92 Å². The SMILES string of the molecule is Cc1cc(CN2CCC(C(=O)N3CCC(c4c(-c5ccccc5)n(S(=O)(=O)N(C)C)c5ccccc45)CC3)CC2)ccn1. The minimum Gasteiger partial charge on any atom is -0.342 e. The van der Waals surface area contributed by atoms with E-state index in [0.717, 1.165) is 73.2 Å². The summed E-state index contributed by atoms with van der Waals surface area (Å²) in [5.41, 5.74) is 5.68. The van der Waals surface area contributed by atoms with Crippen LogP contribution in [0.15, 0.2) is 72.9 Å². The standard InChI is InChI=1S/C34H41N5O3S/c1-25-23-26(13-18-35-25)24-37-19-14-29(15-20-37)34(40)38-21-16-27(17-22-38)32-30-11-7-8-12-31(30)39(43(41,42)36(2)3)33(32)28-9-5-4-6-10-28/h4-13,18,23,27,29H,14-17,19-22,24H2,1-3H3. The van der Waals surface area contributed by atoms with Crippen LogP contribution in [0.4, 0.5) is 0 Å². The fraction of sp³-hybridized carbons (Fsp3) is 0.412. The maximum atomic E-state index is 13.7. The number of hydrogen-bond acceptors (Lipinski definition) is 5. The first kappa shape index (κ1) is 29.5. The number of fused-ring (bicyclic) bond motifs is 1. The number of para-hydroxylation sites is 1. The van der Waals surface area contributed by atoms with Crippen molar-refractivity contribution < 1.29 is 13.2 Å². The molecule has 9 heteroatoms. The maximum absolute atomic E-state index is 13.7. The van der Waals surface area contributed by atoms with Crippen molar-refractivity contribution in [3.63, 3.8) is 0 Å². The van der Waals surface area contributed by atoms with Gasteiger partial charge < -0.3 is 4.90 Å². The van der Waals surface area contributed by atoms with Crippen LogP contribution >= 0.6 is 0 Å². The summed E-state index contributed by atoms with van der Waals surface area (Å²) in [7, 11) is -0.634. The lowest BCUT2D eigenvalue weighted by molar-refractivity contribution is -0.138. The molecule has 2 fully saturated rings. The predicted molar refractivity (Wildman–Crippen MR) is 171 cm³/mol. The second-order valence-electron chi connectivity index (χ2n) is 12.2. The molecule has 0 N–H and O–H groups in total. The molecule has 6 rings (SSSR count). The number of rotatable bonds is 7. The second kappa shape index (κ2) is 12.2. The van der Waals surface area contributed by atoms with Crippen molar-refractivity contribution in [2.75, 3.05) is 40.3 Å². The van der Waals surface area contributed by atoms with Gasteiger partial charge in [-0.15, -0.1) is 0 Å². The van der Waals surface area contributed by atoms with Crippen LogP contribution in [0.2, 0.25) is 0 Å². The third-order valence-electron chi connectivity index (χ3n) is 9.13. The van der Waals surface area contributed by atoms with Crippen LogP contribution < -0.4 is 0 Å². The van der Waals surface area contributed by atoms with E-state index < -0.39 is 10.2 Å². The highest BCUT2D eigenvalue weighted by Crippen LogP contribution is 2.43. The Balaban J connectivity index is 1.20. The molecule has 2 aromatic heterocycles. The lowest BCUT2D eigenvalue weighted by Gasteiger charge is -2.37. The molecule has 43 heavy (non-hydrogen) atoms. The van der Waals surface area contributed by atoms with Crippen LogP contribution in [-0.2, 0) is 21.5 Å². The third kappa shape index (κ3) is 5.86. The molecule has 226 valence electrons. The minimum absolute atomic E-state index is 0.0685. The molecule has 2 aliphatic heterocycles. The van der Waals surface area contributed by atoms with Crippen LogP contribution in [-0.4, -0.2) is 77.7 Å². The van der Waals surface area contributed by atoms with Gasteiger partial charge in [0.05, 0.1) is 11.2 Å². The van der Waals surface area contributed by atoms with Gasteiger partial charge in [-0.1, -0.05) is 48.5 Å². The molecule has 0 spiro atoms. The third-order valence-corrected chi connectivity index (χ3v) is 10.9. The number of likely N-dealkylation sites (tertiary alicyclic amines) is 2. The molecule has 2 aromatic carbocycles. The Morgan fingerprint density at radius 3 is 2.26 bits per heavy atom. The van der Waals surface area contributed by atoms with E-state index in [0.29, 0.717) is 18.6 Å². The molecule has 4 heterocycles. The first-order chi connectivity index (χ1) is 20.7. The van der Waals surface area contributed by atoms with E-state index in [1.165, 1.54) is 13.8 Å². The average molecular weight is 600 g/mol. The average Bonchev–Trinajstić information content (AvgIpc) is 3.38. The molecule has 1 amide bonds. The number of hydrogen-bond donors (Lipinski definition) is 0. The van der Waals surface area contributed by atoms with E-state index in [-0.39, 0.29) is 17.7 Å². The number of benzene rings is 2. The van der Waals surface area contributed by atoms with Gasteiger partial charge >= 0.3 is 10.2 Å². The van der Waals surface area contributed by atoms with Crippen LogP contribution in [0.3, 0.4) is 0 Å². The first-order valence-electron chi connectivity index (χ1n) is 15.3. The quantitative estimate of drug-likeness (QED) is 0.289. The van der Waals surface area contributed by atoms with Gasteiger partial charge in [0.25, 0.3) is 0 Å². The summed E-state index contributed by atoms with van der Waals surface area (Å²) in [5, 5.41) is 0.966. The summed E-state index contributed by atoms with van der Waals surface area (Å²) in [4.78, 5) is 22.4. The summed E-state index contributed by atoms with van der Waals surface area (Å²) in [6.45, 7) is 6.14. The highest BCUT2D eigenvalue weighted by atomic mass is 32.2. The topological polar surface area (TPSA) is 78.8 Å². The molecule has 0 radical (unpaired) electrons. The fourth-order valence-corrected chi connectivity index (χ4v) is 8.04. The Bertz CT molecular complexity index is 1700. The van der Waals surface area contributed by atoms with Gasteiger partial charge in [0.15, 0.2) is 0 Å². The molecule has 0 unspecified atom stereocenters. The lowest BCUT2D eigenvalue weighted by atomic mass is 9.85. The van der Waals surface area contributed by atoms with Crippen molar-refractivity contribution >= 4 is 27.0 Å². The van der Waals surface area contributed by atoms with Gasteiger partial charge in [-0.2, -0.15) is 12.7 Å². The van der Waals surface area contributed by atoms with Crippen molar-refractivity contribution in [3.05, 3.63) is 89.7 Å². The second-order valence-corrected chi connectivity index (χ2v) is 14.1. The van der Waals surface area contributed by atoms with Crippen LogP contribution in [0.25, 0.3) is 22.2 Å². The van der Waals surface area contributed by atoms with Crippen LogP contribution in [0.5, 0.6) is 0 Å². The number of aromatic nitrogens is 2. The molecule has 4 aromatic rings. The minimum atomic E-state index is -3.79. The number of aryl methyl sites for hydroxylation is 1. The van der Waals surface area contributed by atoms with E-state index in [4.69, 9.17) is 0 Å². The molecule has 0 bridgehead atoms. The van der Waals surface area contributed by atoms with Crippen molar-refractivity contribution in [1.82, 2.24) is 23.1 Å². The van der Waals surface area contributed by atoms with Gasteiger partial charge in [0.1, 0.15) is 0 Å². The van der Waals surface area contributed by atoms with Crippen molar-refractivity contribution in [3.8, 4) is 11.3 Å². The maximum Gasteiger partial charge on any atom is 0.308 e. The summed E-state index contributed by atoms with van der Waals surface area (Å²) in [6.07, 6.45) is 5.25. The molecule has 0 saturated carbocycles. The molecular weight excluding hydrogens is 558 g/mol. The Kier molecular flexibility index (Phi) is 8.40. The summed E-state index contributed by atoms with van der Waals surface area (Å²) < 4.78 is 30.2. The number of piperidine rings is 2. The van der Waals surface area contributed by atoms with Gasteiger partial charge in [-0.25, -0.2) is 3.97 Å². The molecule has 2 saturated heterocycles. The Hall–Kier alpha value is -3.53. The van der Waals surface area contributed by atoms with E-state index in [1.54, 1.807) is 14.1 Å². The molecular formula is C34H41N5O3S. The molecule has 8 nitrogen and oxygen atoms in total. The predicted octanol–water partition coefficient (Wildman–Crippen LogP) is 5.28. The van der Waals surface area contributed by atoms with E-state index in [2.05, 4.69) is 26.9 Å². The zero-order valence-electron chi connectivity index (χ0n) is 25.3. The number of carbonyl (C=O) groups is 1. The lowest BCUT2D eigenvalue weighted by Crippen LogP contribution is -2.45. The molecule has 0 atom stereocenters. The van der Waals surface area contributed by atoms with Gasteiger partial charge in [0.2, 0.25) is 5.91 Å². The molecule has 0 aliphatic carbocycles. The van der Waals surface area contributed by atoms with Crippen molar-refractivity contribution in [2.45, 2.75) is 45.1 Å². The van der Waals surface area contributed by atoms with Crippen LogP contribution in [0.1, 0.15) is 48.4 Å². The highest BCUT2D eigenvalue weighted by molar-refractivity contribution is 7.87. The number of pyridine rings is 1. The fourth-order valence-electron chi connectivity index (χ4n) is 6.87. The Labute approximate surface area is 255 Å². The van der Waals surface area contributed by atoms with Gasteiger partial charge in [-0.3, -0.25) is 14.7 Å². The zero-order valence-corrected chi connectivity index (χ0v) is 26.1. The van der Waals surface area contributed by atoms with Gasteiger partial charge in [0, 0.05) is 56.9 Å². The highest BCUT2D eigenvalue weighted by Gasteiger charge is 2.35. The Morgan fingerprint density at radius 2 is 1.58 bits per heavy atom. The number of amides is 1. The molecule has 2 aliphatic rings. The Morgan fingerprint density at radius 1 is 0.907 bits per heavy atom. The number of nitrogens with zero attached hydrogens (tertiary/aromatic N) is 5. The van der Waals surface area contributed by atoms with Crippen LogP contribution in [0, 0.1) is 12.8 Å². The summed E-state index contributed by atoms with van der Waals surface area (Å²) >= 11 is 0. The van der Waals surface area contributed by atoms with Gasteiger partial charge in [-0.05, 0) is 86.5 Å². The summed E-state index contributed by atoms with van der Waals surface area (Å²) in [5.74, 6) is 0.492. The monoisotopic (exact) mass is 599 g/mol. The summed E-state index contributed by atoms with van der Waals surface area (Å²) in [6, 6.07) is 21.8. The zero-order chi connectivity index (χ0) is 30.1. The van der Waals surface area contributed by atoms with Crippen molar-refractivity contribution in [1.29, 1.82) is 0 Å². The van der Waals surface area contributed by atoms with E-state index in [1.807, 2.05) is 67.7 Å². The normalized spacial score (nSPS) is 17.6. The largest absolute Gasteiger partial charge is 0.342 e.